The summed E-state index contributed by atoms with van der Waals surface area (Å²) in [5, 5.41) is 2.72. The summed E-state index contributed by atoms with van der Waals surface area (Å²) < 4.78 is 34.4. The zero-order valence-electron chi connectivity index (χ0n) is 17.4. The van der Waals surface area contributed by atoms with E-state index in [1.165, 1.54) is 29.2 Å². The maximum atomic E-state index is 14.4. The third kappa shape index (κ3) is 4.19. The van der Waals surface area contributed by atoms with E-state index in [2.05, 4.69) is 12.2 Å². The summed E-state index contributed by atoms with van der Waals surface area (Å²) >= 11 is 0. The largest absolute Gasteiger partial charge is 0.353 e. The van der Waals surface area contributed by atoms with Crippen LogP contribution in [0, 0.1) is 17.6 Å². The molecule has 2 amide bonds. The molecule has 1 heterocycles. The lowest BCUT2D eigenvalue weighted by Gasteiger charge is -2.43. The summed E-state index contributed by atoms with van der Waals surface area (Å²) in [6.45, 7) is 2.16. The molecule has 1 aliphatic heterocycles. The van der Waals surface area contributed by atoms with Gasteiger partial charge in [0, 0.05) is 12.1 Å². The van der Waals surface area contributed by atoms with E-state index < -0.39 is 35.2 Å². The lowest BCUT2D eigenvalue weighted by atomic mass is 9.83. The summed E-state index contributed by atoms with van der Waals surface area (Å²) in [5.41, 5.74) is -0.660. The first-order chi connectivity index (χ1) is 14.9. The molecule has 7 heteroatoms. The molecule has 2 fully saturated rings. The van der Waals surface area contributed by atoms with Crippen molar-refractivity contribution in [2.24, 2.45) is 5.92 Å². The molecule has 2 aromatic rings. The predicted octanol–water partition coefficient (Wildman–Crippen LogP) is 4.03. The highest BCUT2D eigenvalue weighted by atomic mass is 19.1. The zero-order valence-corrected chi connectivity index (χ0v) is 17.4. The van der Waals surface area contributed by atoms with Crippen LogP contribution < -0.4 is 5.32 Å². The van der Waals surface area contributed by atoms with Crippen LogP contribution in [-0.4, -0.2) is 35.1 Å². The fraction of sp³-hybridized carbons (Fsp3) is 0.417. The van der Waals surface area contributed by atoms with E-state index in [0.29, 0.717) is 24.3 Å². The van der Waals surface area contributed by atoms with Gasteiger partial charge in [0.05, 0.1) is 12.2 Å². The Morgan fingerprint density at radius 2 is 1.71 bits per heavy atom. The molecule has 2 aliphatic rings. The maximum absolute atomic E-state index is 14.4. The van der Waals surface area contributed by atoms with Crippen molar-refractivity contribution in [3.8, 4) is 0 Å². The van der Waals surface area contributed by atoms with Crippen molar-refractivity contribution >= 4 is 11.8 Å². The van der Waals surface area contributed by atoms with Gasteiger partial charge in [-0.2, -0.15) is 0 Å². The molecule has 31 heavy (non-hydrogen) atoms. The van der Waals surface area contributed by atoms with Gasteiger partial charge < -0.3 is 10.1 Å². The number of hydrogen-bond acceptors (Lipinski definition) is 3. The number of hydrogen-bond donors (Lipinski definition) is 1. The SMILES string of the molecule is CC1CCC2(CC1)OCC(C(=O)NCc1ccccc1F)N2C(=O)c1ccccc1F. The van der Waals surface area contributed by atoms with Gasteiger partial charge in [-0.15, -0.1) is 0 Å². The smallest absolute Gasteiger partial charge is 0.259 e. The summed E-state index contributed by atoms with van der Waals surface area (Å²) in [7, 11) is 0. The number of carbonyl (C=O) groups excluding carboxylic acids is 2. The van der Waals surface area contributed by atoms with Gasteiger partial charge in [-0.25, -0.2) is 8.78 Å². The van der Waals surface area contributed by atoms with Crippen LogP contribution in [0.4, 0.5) is 8.78 Å². The van der Waals surface area contributed by atoms with Crippen molar-refractivity contribution in [1.29, 1.82) is 0 Å². The Labute approximate surface area is 180 Å². The Morgan fingerprint density at radius 3 is 2.39 bits per heavy atom. The number of ether oxygens (including phenoxy) is 1. The van der Waals surface area contributed by atoms with Crippen LogP contribution in [0.1, 0.15) is 48.5 Å². The molecule has 1 unspecified atom stereocenters. The normalized spacial score (nSPS) is 25.6. The van der Waals surface area contributed by atoms with Gasteiger partial charge in [0.2, 0.25) is 5.91 Å². The molecule has 2 aromatic carbocycles. The van der Waals surface area contributed by atoms with Gasteiger partial charge in [-0.3, -0.25) is 14.5 Å². The molecule has 4 rings (SSSR count). The van der Waals surface area contributed by atoms with Crippen LogP contribution in [0.3, 0.4) is 0 Å². The number of carbonyl (C=O) groups is 2. The van der Waals surface area contributed by atoms with Crippen LogP contribution in [0.25, 0.3) is 0 Å². The quantitative estimate of drug-likeness (QED) is 0.800. The van der Waals surface area contributed by atoms with Gasteiger partial charge in [0.15, 0.2) is 0 Å². The summed E-state index contributed by atoms with van der Waals surface area (Å²) in [6, 6.07) is 11.0. The van der Waals surface area contributed by atoms with Crippen molar-refractivity contribution in [2.75, 3.05) is 6.61 Å². The molecule has 1 saturated carbocycles. The Bertz CT molecular complexity index is 973. The van der Waals surface area contributed by atoms with E-state index in [0.717, 1.165) is 12.8 Å². The molecule has 1 atom stereocenters. The van der Waals surface area contributed by atoms with Crippen molar-refractivity contribution < 1.29 is 23.1 Å². The first-order valence-electron chi connectivity index (χ1n) is 10.6. The molecular formula is C24H26F2N2O3. The Kier molecular flexibility index (Phi) is 6.05. The molecule has 0 radical (unpaired) electrons. The van der Waals surface area contributed by atoms with Crippen molar-refractivity contribution in [1.82, 2.24) is 10.2 Å². The number of nitrogens with one attached hydrogen (secondary N) is 1. The minimum Gasteiger partial charge on any atom is -0.353 e. The topological polar surface area (TPSA) is 58.6 Å². The number of amides is 2. The van der Waals surface area contributed by atoms with Gasteiger partial charge in [-0.1, -0.05) is 37.3 Å². The van der Waals surface area contributed by atoms with Crippen LogP contribution in [0.2, 0.25) is 0 Å². The summed E-state index contributed by atoms with van der Waals surface area (Å²) in [6.07, 6.45) is 2.88. The average Bonchev–Trinajstić information content (AvgIpc) is 3.14. The monoisotopic (exact) mass is 428 g/mol. The summed E-state index contributed by atoms with van der Waals surface area (Å²) in [4.78, 5) is 27.9. The lowest BCUT2D eigenvalue weighted by Crippen LogP contribution is -2.56. The van der Waals surface area contributed by atoms with Gasteiger partial charge >= 0.3 is 0 Å². The lowest BCUT2D eigenvalue weighted by molar-refractivity contribution is -0.128. The number of nitrogens with zero attached hydrogens (tertiary/aromatic N) is 1. The van der Waals surface area contributed by atoms with Gasteiger partial charge in [0.1, 0.15) is 23.4 Å². The van der Waals surface area contributed by atoms with Crippen molar-refractivity contribution in [3.05, 3.63) is 71.3 Å². The van der Waals surface area contributed by atoms with Crippen LogP contribution in [-0.2, 0) is 16.1 Å². The minimum absolute atomic E-state index is 0.00618. The number of benzene rings is 2. The second-order valence-electron chi connectivity index (χ2n) is 8.42. The van der Waals surface area contributed by atoms with Gasteiger partial charge in [0.25, 0.3) is 5.91 Å². The van der Waals surface area contributed by atoms with Crippen molar-refractivity contribution in [2.45, 2.75) is 50.9 Å². The highest BCUT2D eigenvalue weighted by Crippen LogP contribution is 2.43. The molecular weight excluding hydrogens is 402 g/mol. The summed E-state index contributed by atoms with van der Waals surface area (Å²) in [5.74, 6) is -1.56. The molecule has 0 aromatic heterocycles. The Balaban J connectivity index is 1.60. The molecule has 5 nitrogen and oxygen atoms in total. The third-order valence-corrected chi connectivity index (χ3v) is 6.35. The third-order valence-electron chi connectivity index (χ3n) is 6.35. The van der Waals surface area contributed by atoms with Gasteiger partial charge in [-0.05, 0) is 49.8 Å². The van der Waals surface area contributed by atoms with E-state index in [1.54, 1.807) is 24.3 Å². The fourth-order valence-electron chi connectivity index (χ4n) is 4.49. The number of rotatable bonds is 4. The number of halogens is 2. The van der Waals surface area contributed by atoms with Crippen molar-refractivity contribution in [3.63, 3.8) is 0 Å². The van der Waals surface area contributed by atoms with E-state index in [1.807, 2.05) is 0 Å². The van der Waals surface area contributed by atoms with E-state index >= 15 is 0 Å². The predicted molar refractivity (Wildman–Crippen MR) is 111 cm³/mol. The molecule has 1 saturated heterocycles. The molecule has 1 N–H and O–H groups in total. The van der Waals surface area contributed by atoms with E-state index in [9.17, 15) is 18.4 Å². The highest BCUT2D eigenvalue weighted by Gasteiger charge is 2.53. The maximum Gasteiger partial charge on any atom is 0.259 e. The molecule has 1 spiro atoms. The first kappa shape index (κ1) is 21.4. The van der Waals surface area contributed by atoms with E-state index in [-0.39, 0.29) is 18.7 Å². The van der Waals surface area contributed by atoms with Crippen LogP contribution >= 0.6 is 0 Å². The standard InChI is InChI=1S/C24H26F2N2O3/c1-16-10-12-24(13-11-16)28(23(30)18-7-3-5-9-20(18)26)21(15-31-24)22(29)27-14-17-6-2-4-8-19(17)25/h2-9,16,21H,10-15H2,1H3,(H,27,29). The Hall–Kier alpha value is -2.80. The highest BCUT2D eigenvalue weighted by molar-refractivity contribution is 5.98. The minimum atomic E-state index is -0.925. The zero-order chi connectivity index (χ0) is 22.0. The molecule has 1 aliphatic carbocycles. The molecule has 0 bridgehead atoms. The second-order valence-corrected chi connectivity index (χ2v) is 8.42. The fourth-order valence-corrected chi connectivity index (χ4v) is 4.49. The first-order valence-corrected chi connectivity index (χ1v) is 10.6. The van der Waals surface area contributed by atoms with Crippen LogP contribution in [0.5, 0.6) is 0 Å². The average molecular weight is 428 g/mol. The van der Waals surface area contributed by atoms with E-state index in [4.69, 9.17) is 4.74 Å². The second kappa shape index (κ2) is 8.75. The Morgan fingerprint density at radius 1 is 1.06 bits per heavy atom. The molecule has 164 valence electrons. The van der Waals surface area contributed by atoms with Crippen LogP contribution in [0.15, 0.2) is 48.5 Å².